The summed E-state index contributed by atoms with van der Waals surface area (Å²) < 4.78 is 1.23. The zero-order valence-electron chi connectivity index (χ0n) is 4.09. The van der Waals surface area contributed by atoms with Gasteiger partial charge in [0.25, 0.3) is 0 Å². The van der Waals surface area contributed by atoms with Gasteiger partial charge in [-0.05, 0) is 0 Å². The second-order valence-electron chi connectivity index (χ2n) is 1.56. The molecule has 0 amide bonds. The minimum Gasteiger partial charge on any atom is -0.364 e. The standard InChI is InChI=1S/C5H4N2S/c1-4-5(2-6-1)8-3-7-4/h1-3,6H. The van der Waals surface area contributed by atoms with Crippen molar-refractivity contribution in [1.82, 2.24) is 9.97 Å². The Kier molecular flexibility index (Phi) is 0.676. The van der Waals surface area contributed by atoms with Gasteiger partial charge < -0.3 is 4.98 Å². The first-order valence-electron chi connectivity index (χ1n) is 2.33. The van der Waals surface area contributed by atoms with Gasteiger partial charge in [0.1, 0.15) is 0 Å². The van der Waals surface area contributed by atoms with Crippen LogP contribution in [0, 0.1) is 0 Å². The van der Waals surface area contributed by atoms with Crippen LogP contribution in [-0.2, 0) is 0 Å². The Morgan fingerprint density at radius 3 is 3.38 bits per heavy atom. The molecule has 2 nitrogen and oxygen atoms in total. The highest BCUT2D eigenvalue weighted by atomic mass is 32.1. The molecule has 0 aliphatic heterocycles. The number of H-pyrrole nitrogens is 1. The lowest BCUT2D eigenvalue weighted by Gasteiger charge is -1.61. The van der Waals surface area contributed by atoms with Crippen molar-refractivity contribution >= 4 is 21.6 Å². The SMILES string of the molecule is c1nc2c[nH]cc2s1. The van der Waals surface area contributed by atoms with Crippen LogP contribution in [0.3, 0.4) is 0 Å². The highest BCUT2D eigenvalue weighted by Crippen LogP contribution is 2.14. The van der Waals surface area contributed by atoms with Gasteiger partial charge in [-0.3, -0.25) is 0 Å². The number of hydrogen-bond donors (Lipinski definition) is 1. The van der Waals surface area contributed by atoms with Gasteiger partial charge in [0, 0.05) is 12.4 Å². The molecule has 0 saturated heterocycles. The molecular weight excluding hydrogens is 120 g/mol. The molecule has 0 aromatic carbocycles. The predicted molar refractivity (Wildman–Crippen MR) is 34.0 cm³/mol. The molecule has 0 unspecified atom stereocenters. The van der Waals surface area contributed by atoms with Crippen molar-refractivity contribution in [2.75, 3.05) is 0 Å². The minimum absolute atomic E-state index is 1.06. The van der Waals surface area contributed by atoms with E-state index in [1.165, 1.54) is 4.70 Å². The summed E-state index contributed by atoms with van der Waals surface area (Å²) in [6.45, 7) is 0. The molecule has 3 heteroatoms. The topological polar surface area (TPSA) is 28.7 Å². The predicted octanol–water partition coefficient (Wildman–Crippen LogP) is 1.62. The van der Waals surface area contributed by atoms with Gasteiger partial charge in [0.2, 0.25) is 0 Å². The molecule has 2 aromatic rings. The number of nitrogens with one attached hydrogen (secondary N) is 1. The average Bonchev–Trinajstić information content (AvgIpc) is 2.15. The molecule has 0 radical (unpaired) electrons. The molecule has 40 valence electrons. The number of aromatic amines is 1. The molecule has 0 atom stereocenters. The number of rotatable bonds is 0. The lowest BCUT2D eigenvalue weighted by atomic mass is 10.6. The van der Waals surface area contributed by atoms with Gasteiger partial charge in [0.05, 0.1) is 15.7 Å². The molecule has 0 spiro atoms. The van der Waals surface area contributed by atoms with Crippen LogP contribution in [0.5, 0.6) is 0 Å². The monoisotopic (exact) mass is 124 g/mol. The molecule has 0 saturated carbocycles. The highest BCUT2D eigenvalue weighted by Gasteiger charge is 1.91. The summed E-state index contributed by atoms with van der Waals surface area (Å²) in [6.07, 6.45) is 3.85. The maximum absolute atomic E-state index is 4.07. The second kappa shape index (κ2) is 1.32. The van der Waals surface area contributed by atoms with Crippen LogP contribution in [0.15, 0.2) is 17.9 Å². The van der Waals surface area contributed by atoms with E-state index < -0.39 is 0 Å². The van der Waals surface area contributed by atoms with E-state index in [-0.39, 0.29) is 0 Å². The third-order valence-electron chi connectivity index (χ3n) is 1.06. The van der Waals surface area contributed by atoms with E-state index in [1.807, 2.05) is 17.9 Å². The van der Waals surface area contributed by atoms with Crippen LogP contribution < -0.4 is 0 Å². The van der Waals surface area contributed by atoms with Gasteiger partial charge in [-0.1, -0.05) is 0 Å². The first kappa shape index (κ1) is 4.09. The van der Waals surface area contributed by atoms with E-state index in [9.17, 15) is 0 Å². The average molecular weight is 124 g/mol. The van der Waals surface area contributed by atoms with Gasteiger partial charge >= 0.3 is 0 Å². The summed E-state index contributed by atoms with van der Waals surface area (Å²) in [6, 6.07) is 0. The molecule has 2 rings (SSSR count). The van der Waals surface area contributed by atoms with Crippen molar-refractivity contribution in [3.8, 4) is 0 Å². The number of fused-ring (bicyclic) bond motifs is 1. The maximum atomic E-state index is 4.07. The zero-order chi connectivity index (χ0) is 5.40. The lowest BCUT2D eigenvalue weighted by Crippen LogP contribution is -1.52. The van der Waals surface area contributed by atoms with Gasteiger partial charge in [-0.25, -0.2) is 4.98 Å². The van der Waals surface area contributed by atoms with Crippen LogP contribution in [0.4, 0.5) is 0 Å². The largest absolute Gasteiger partial charge is 0.364 e. The minimum atomic E-state index is 1.06. The van der Waals surface area contributed by atoms with E-state index in [2.05, 4.69) is 9.97 Å². The third-order valence-corrected chi connectivity index (χ3v) is 1.85. The first-order chi connectivity index (χ1) is 3.97. The Morgan fingerprint density at radius 1 is 1.50 bits per heavy atom. The molecule has 0 aliphatic rings. The maximum Gasteiger partial charge on any atom is 0.0986 e. The van der Waals surface area contributed by atoms with Crippen molar-refractivity contribution in [3.63, 3.8) is 0 Å². The summed E-state index contributed by atoms with van der Waals surface area (Å²) in [7, 11) is 0. The van der Waals surface area contributed by atoms with E-state index in [0.717, 1.165) is 5.52 Å². The number of thiazole rings is 1. The zero-order valence-corrected chi connectivity index (χ0v) is 4.90. The molecular formula is C5H4N2S. The fraction of sp³-hybridized carbons (Fsp3) is 0. The smallest absolute Gasteiger partial charge is 0.0986 e. The van der Waals surface area contributed by atoms with Crippen LogP contribution in [0.25, 0.3) is 10.2 Å². The van der Waals surface area contributed by atoms with Crippen molar-refractivity contribution in [2.24, 2.45) is 0 Å². The van der Waals surface area contributed by atoms with Crippen molar-refractivity contribution in [3.05, 3.63) is 17.9 Å². The molecule has 1 N–H and O–H groups in total. The van der Waals surface area contributed by atoms with Gasteiger partial charge in [-0.2, -0.15) is 0 Å². The fourth-order valence-corrected chi connectivity index (χ4v) is 1.32. The highest BCUT2D eigenvalue weighted by molar-refractivity contribution is 7.16. The Balaban J connectivity index is 3.06. The van der Waals surface area contributed by atoms with E-state index in [4.69, 9.17) is 0 Å². The first-order valence-corrected chi connectivity index (χ1v) is 3.21. The van der Waals surface area contributed by atoms with Crippen LogP contribution in [0.1, 0.15) is 0 Å². The Morgan fingerprint density at radius 2 is 2.50 bits per heavy atom. The summed E-state index contributed by atoms with van der Waals surface area (Å²) in [5, 5.41) is 0. The summed E-state index contributed by atoms with van der Waals surface area (Å²) in [5.74, 6) is 0. The fourth-order valence-electron chi connectivity index (χ4n) is 0.677. The molecule has 0 aliphatic carbocycles. The molecule has 2 heterocycles. The second-order valence-corrected chi connectivity index (χ2v) is 2.44. The normalized spacial score (nSPS) is 10.5. The van der Waals surface area contributed by atoms with Gasteiger partial charge in [-0.15, -0.1) is 11.3 Å². The van der Waals surface area contributed by atoms with Crippen LogP contribution >= 0.6 is 11.3 Å². The van der Waals surface area contributed by atoms with Crippen LogP contribution in [-0.4, -0.2) is 9.97 Å². The number of nitrogens with zero attached hydrogens (tertiary/aromatic N) is 1. The third kappa shape index (κ3) is 0.391. The molecule has 8 heavy (non-hydrogen) atoms. The lowest BCUT2D eigenvalue weighted by molar-refractivity contribution is 1.40. The Labute approximate surface area is 50.2 Å². The van der Waals surface area contributed by atoms with Crippen molar-refractivity contribution in [2.45, 2.75) is 0 Å². The molecule has 2 aromatic heterocycles. The Hall–Kier alpha value is -0.830. The van der Waals surface area contributed by atoms with Crippen molar-refractivity contribution < 1.29 is 0 Å². The van der Waals surface area contributed by atoms with Crippen molar-refractivity contribution in [1.29, 1.82) is 0 Å². The summed E-state index contributed by atoms with van der Waals surface area (Å²) in [4.78, 5) is 7.03. The number of aromatic nitrogens is 2. The van der Waals surface area contributed by atoms with Crippen LogP contribution in [0.2, 0.25) is 0 Å². The van der Waals surface area contributed by atoms with E-state index >= 15 is 0 Å². The summed E-state index contributed by atoms with van der Waals surface area (Å²) in [5.41, 5.74) is 2.91. The van der Waals surface area contributed by atoms with E-state index in [0.29, 0.717) is 0 Å². The summed E-state index contributed by atoms with van der Waals surface area (Å²) >= 11 is 1.65. The van der Waals surface area contributed by atoms with E-state index in [1.54, 1.807) is 11.3 Å². The number of hydrogen-bond acceptors (Lipinski definition) is 2. The Bertz CT molecular complexity index is 232. The molecule has 0 fully saturated rings. The quantitative estimate of drug-likeness (QED) is 0.568. The molecule has 0 bridgehead atoms. The van der Waals surface area contributed by atoms with Gasteiger partial charge in [0.15, 0.2) is 0 Å².